The number of benzene rings is 3. The molecule has 0 bridgehead atoms. The Kier molecular flexibility index (Phi) is 13.6. The normalized spacial score (nSPS) is 20.9. The molecule has 1 unspecified atom stereocenters. The van der Waals surface area contributed by atoms with Crippen molar-refractivity contribution in [1.29, 1.82) is 0 Å². The minimum absolute atomic E-state index is 0.0184. The Morgan fingerprint density at radius 1 is 0.910 bits per heavy atom. The van der Waals surface area contributed by atoms with Gasteiger partial charge in [0.2, 0.25) is 5.60 Å². The number of halogens is 3. The first-order valence-electron chi connectivity index (χ1n) is 21.3. The smallest absolute Gasteiger partial charge is 0.450 e. The van der Waals surface area contributed by atoms with Gasteiger partial charge in [-0.05, 0) is 43.8 Å². The lowest BCUT2D eigenvalue weighted by atomic mass is 9.80. The lowest BCUT2D eigenvalue weighted by molar-refractivity contribution is -0.200. The van der Waals surface area contributed by atoms with Crippen LogP contribution in [0.15, 0.2) is 113 Å². The first-order valence-corrected chi connectivity index (χ1v) is 23.7. The number of rotatable bonds is 12. The fourth-order valence-electron chi connectivity index (χ4n) is 8.67. The standard InChI is InChI=1S/C46H44F3N7O9S2/c1-2-63-44(62)54-22-19-32(20-23-54)55-24-18-28(38(55)58)27-67-25-21-34-36(39(59)56(34)40(67)41(60)64-42(61)46(47,48)49)52-37(57)35(33-26-66-43(50)51-33)53-65-45(29-12-6-3-7-13-29,30-14-8-4-9-15-30)31-16-10-5-11-17-31/h3-17,26-27,32,34,36H,2,18-25H2,1H3,(H2,50,51)(H,52,57)/b28-27+,53-35-/t34-,36-,67?/m1/s1. The number of hydrogen-bond donors (Lipinski definition) is 2. The number of oxime groups is 1. The van der Waals surface area contributed by atoms with E-state index in [9.17, 15) is 41.9 Å². The SMILES string of the molecule is CCOC(=O)N1CCC(N2CC/C(=C\S3=C(C(=O)OC(=O)C(F)(F)F)N4C(=O)[C@H](NC(=O)/C(=N\OC(c5ccccc5)(c5ccccc5)c5ccccc5)c5csc(N)n5)[C@H]4CC3)C2=O)CC1. The zero-order valence-corrected chi connectivity index (χ0v) is 37.5. The number of esters is 2. The molecule has 3 aromatic carbocycles. The van der Waals surface area contributed by atoms with Crippen LogP contribution in [0.2, 0.25) is 0 Å². The molecule has 67 heavy (non-hydrogen) atoms. The number of carbonyl (C=O) groups is 6. The highest BCUT2D eigenvalue weighted by Gasteiger charge is 2.55. The molecule has 21 heteroatoms. The van der Waals surface area contributed by atoms with E-state index in [2.05, 4.69) is 20.2 Å². The summed E-state index contributed by atoms with van der Waals surface area (Å²) in [5.41, 5.74) is 6.50. The van der Waals surface area contributed by atoms with Crippen molar-refractivity contribution in [1.82, 2.24) is 25.0 Å². The number of nitrogen functional groups attached to an aromatic ring is 1. The summed E-state index contributed by atoms with van der Waals surface area (Å²) in [6.45, 7) is 3.00. The molecule has 4 aliphatic heterocycles. The summed E-state index contributed by atoms with van der Waals surface area (Å²) in [4.78, 5) is 94.6. The zero-order chi connectivity index (χ0) is 47.5. The van der Waals surface area contributed by atoms with Crippen LogP contribution >= 0.6 is 21.8 Å². The predicted molar refractivity (Wildman–Crippen MR) is 241 cm³/mol. The Balaban J connectivity index is 1.08. The second-order valence-electron chi connectivity index (χ2n) is 15.8. The summed E-state index contributed by atoms with van der Waals surface area (Å²) in [5, 5.41) is 10.2. The topological polar surface area (TPSA) is 203 Å². The van der Waals surface area contributed by atoms with Crippen molar-refractivity contribution < 1.29 is 56.2 Å². The molecule has 350 valence electrons. The summed E-state index contributed by atoms with van der Waals surface area (Å²) in [6.07, 6.45) is -4.61. The van der Waals surface area contributed by atoms with Crippen molar-refractivity contribution in [3.05, 3.63) is 130 Å². The van der Waals surface area contributed by atoms with E-state index in [-0.39, 0.29) is 59.3 Å². The lowest BCUT2D eigenvalue weighted by Crippen LogP contribution is -2.74. The third-order valence-corrected chi connectivity index (χ3v) is 14.6. The van der Waals surface area contributed by atoms with E-state index < -0.39 is 69.2 Å². The maximum absolute atomic E-state index is 14.4. The molecule has 3 N–H and O–H groups in total. The predicted octanol–water partition coefficient (Wildman–Crippen LogP) is 5.31. The average molecular weight is 960 g/mol. The highest BCUT2D eigenvalue weighted by molar-refractivity contribution is 8.19. The number of nitrogens with one attached hydrogen (secondary N) is 1. The molecule has 8 rings (SSSR count). The fourth-order valence-corrected chi connectivity index (χ4v) is 11.4. The number of thiazole rings is 1. The summed E-state index contributed by atoms with van der Waals surface area (Å²) < 4.78 is 49.6. The van der Waals surface area contributed by atoms with Gasteiger partial charge < -0.3 is 35.2 Å². The fraction of sp³-hybridized carbons (Fsp3) is 0.326. The number of fused-ring (bicyclic) bond motifs is 1. The van der Waals surface area contributed by atoms with E-state index in [0.717, 1.165) is 16.2 Å². The minimum Gasteiger partial charge on any atom is -0.450 e. The number of amides is 4. The van der Waals surface area contributed by atoms with Crippen molar-refractivity contribution in [3.8, 4) is 0 Å². The molecule has 0 radical (unpaired) electrons. The van der Waals surface area contributed by atoms with E-state index in [1.54, 1.807) is 16.7 Å². The Bertz CT molecular complexity index is 2560. The molecule has 3 atom stereocenters. The Morgan fingerprint density at radius 2 is 1.51 bits per heavy atom. The van der Waals surface area contributed by atoms with Crippen LogP contribution in [0, 0.1) is 0 Å². The number of aromatic nitrogens is 1. The average Bonchev–Trinajstić information content (AvgIpc) is 3.93. The van der Waals surface area contributed by atoms with Crippen molar-refractivity contribution in [3.63, 3.8) is 0 Å². The molecule has 4 aliphatic rings. The summed E-state index contributed by atoms with van der Waals surface area (Å²) in [7, 11) is -1.48. The number of carbonyl (C=O) groups excluding carboxylic acids is 6. The molecule has 0 saturated carbocycles. The molecule has 4 aromatic rings. The summed E-state index contributed by atoms with van der Waals surface area (Å²) in [5.74, 6) is -6.57. The number of nitrogens with zero attached hydrogens (tertiary/aromatic N) is 5. The number of likely N-dealkylation sites (tertiary alicyclic amines) is 2. The first kappa shape index (κ1) is 46.7. The highest BCUT2D eigenvalue weighted by atomic mass is 32.2. The minimum atomic E-state index is -5.53. The van der Waals surface area contributed by atoms with E-state index >= 15 is 0 Å². The van der Waals surface area contributed by atoms with Crippen LogP contribution in [-0.4, -0.2) is 122 Å². The van der Waals surface area contributed by atoms with Crippen LogP contribution in [-0.2, 0) is 43.9 Å². The molecular formula is C46H44F3N7O9S2. The largest absolute Gasteiger partial charge is 0.491 e. The molecule has 16 nitrogen and oxygen atoms in total. The van der Waals surface area contributed by atoms with E-state index in [0.29, 0.717) is 49.2 Å². The van der Waals surface area contributed by atoms with Crippen LogP contribution < -0.4 is 11.1 Å². The molecule has 4 amide bonds. The summed E-state index contributed by atoms with van der Waals surface area (Å²) >= 11 is 1.03. The number of β-lactam (4-membered cyclic amide) rings is 1. The van der Waals surface area contributed by atoms with Crippen molar-refractivity contribution in [2.45, 2.75) is 62.5 Å². The molecule has 1 aromatic heterocycles. The van der Waals surface area contributed by atoms with E-state index in [1.165, 1.54) is 10.8 Å². The number of hydrogen-bond acceptors (Lipinski definition) is 13. The Hall–Kier alpha value is -6.87. The van der Waals surface area contributed by atoms with E-state index in [4.69, 9.17) is 15.3 Å². The van der Waals surface area contributed by atoms with Gasteiger partial charge in [0.25, 0.3) is 17.7 Å². The second kappa shape index (κ2) is 19.5. The molecule has 3 fully saturated rings. The maximum atomic E-state index is 14.4. The molecule has 0 aliphatic carbocycles. The van der Waals surface area contributed by atoms with Crippen LogP contribution in [0.25, 0.3) is 0 Å². The van der Waals surface area contributed by atoms with Crippen LogP contribution in [0.4, 0.5) is 23.1 Å². The third-order valence-electron chi connectivity index (χ3n) is 11.9. The monoisotopic (exact) mass is 959 g/mol. The van der Waals surface area contributed by atoms with Crippen molar-refractivity contribution in [2.24, 2.45) is 5.16 Å². The van der Waals surface area contributed by atoms with Gasteiger partial charge in [0.1, 0.15) is 11.7 Å². The van der Waals surface area contributed by atoms with Crippen LogP contribution in [0.5, 0.6) is 0 Å². The maximum Gasteiger partial charge on any atom is 0.491 e. The number of ether oxygens (including phenoxy) is 2. The van der Waals surface area contributed by atoms with E-state index in [1.807, 2.05) is 91.0 Å². The third kappa shape index (κ3) is 9.42. The molecule has 0 spiro atoms. The Labute approximate surface area is 388 Å². The number of anilines is 1. The van der Waals surface area contributed by atoms with Gasteiger partial charge in [-0.2, -0.15) is 13.2 Å². The second-order valence-corrected chi connectivity index (χ2v) is 18.6. The quantitative estimate of drug-likeness (QED) is 0.0273. The molecule has 3 saturated heterocycles. The van der Waals surface area contributed by atoms with Gasteiger partial charge >= 0.3 is 24.2 Å². The highest BCUT2D eigenvalue weighted by Crippen LogP contribution is 2.42. The summed E-state index contributed by atoms with van der Waals surface area (Å²) in [6, 6.07) is 25.1. The van der Waals surface area contributed by atoms with Gasteiger partial charge in [0.05, 0.1) is 12.6 Å². The van der Waals surface area contributed by atoms with Gasteiger partial charge in [0, 0.05) is 53.3 Å². The van der Waals surface area contributed by atoms with Crippen LogP contribution in [0.3, 0.4) is 0 Å². The number of nitrogens with two attached hydrogens (primary N) is 1. The van der Waals surface area contributed by atoms with Crippen molar-refractivity contribution in [2.75, 3.05) is 37.7 Å². The zero-order valence-electron chi connectivity index (χ0n) is 35.8. The van der Waals surface area contributed by atoms with Gasteiger partial charge in [-0.15, -0.1) is 21.8 Å². The van der Waals surface area contributed by atoms with Gasteiger partial charge in [-0.1, -0.05) is 96.2 Å². The molecule has 5 heterocycles. The number of alkyl halides is 3. The molecular weight excluding hydrogens is 916 g/mol. The first-order chi connectivity index (χ1) is 32.2. The van der Waals surface area contributed by atoms with Gasteiger partial charge in [-0.3, -0.25) is 19.3 Å². The van der Waals surface area contributed by atoms with Gasteiger partial charge in [-0.25, -0.2) is 19.4 Å². The number of piperidine rings is 1. The van der Waals surface area contributed by atoms with Crippen LogP contribution in [0.1, 0.15) is 55.0 Å². The lowest BCUT2D eigenvalue weighted by Gasteiger charge is -2.50. The Morgan fingerprint density at radius 3 is 2.04 bits per heavy atom. The van der Waals surface area contributed by atoms with Crippen molar-refractivity contribution >= 4 is 73.4 Å². The van der Waals surface area contributed by atoms with Gasteiger partial charge in [0.15, 0.2) is 15.8 Å².